The summed E-state index contributed by atoms with van der Waals surface area (Å²) in [6.07, 6.45) is -1.10. The van der Waals surface area contributed by atoms with E-state index in [4.69, 9.17) is 10.5 Å². The number of aliphatic hydroxyl groups is 2. The number of carbonyl (C=O) groups is 1. The number of ether oxygens (including phenoxy) is 1. The van der Waals surface area contributed by atoms with E-state index in [0.29, 0.717) is 0 Å². The minimum absolute atomic E-state index is 0.104. The van der Waals surface area contributed by atoms with Gasteiger partial charge < -0.3 is 25.8 Å². The third-order valence-electron chi connectivity index (χ3n) is 4.55. The molecule has 11 heteroatoms. The second kappa shape index (κ2) is 8.82. The van der Waals surface area contributed by atoms with Gasteiger partial charge in [-0.2, -0.15) is 0 Å². The summed E-state index contributed by atoms with van der Waals surface area (Å²) in [5.74, 6) is -0.572. The van der Waals surface area contributed by atoms with Crippen molar-refractivity contribution < 1.29 is 24.9 Å². The second-order valence-electron chi connectivity index (χ2n) is 6.67. The lowest BCUT2D eigenvalue weighted by molar-refractivity contribution is -0.145. The lowest BCUT2D eigenvalue weighted by Gasteiger charge is -2.17. The fraction of sp³-hybridized carbons (Fsp3) is 0.389. The van der Waals surface area contributed by atoms with Crippen molar-refractivity contribution in [2.24, 2.45) is 5.73 Å². The number of benzene rings is 1. The second-order valence-corrected chi connectivity index (χ2v) is 8.03. The Morgan fingerprint density at radius 3 is 2.55 bits per heavy atom. The molecule has 0 saturated carbocycles. The van der Waals surface area contributed by atoms with Gasteiger partial charge in [-0.3, -0.25) is 19.1 Å². The molecule has 0 radical (unpaired) electrons. The van der Waals surface area contributed by atoms with E-state index in [9.17, 15) is 29.7 Å². The average Bonchev–Trinajstić information content (AvgIpc) is 2.96. The Morgan fingerprint density at radius 1 is 1.21 bits per heavy atom. The molecule has 0 spiro atoms. The number of aromatic nitrogens is 2. The standard InChI is InChI=1S/C18H21N3O7S/c19-11(7-9-1-3-10(22)4-2-9)17(26)28-8-12-14(24)15(25)16(29-12)21-6-5-13(23)20-18(21)27/h1-6,11-12,14-16,22,24-25H,7-8,19H2,(H,20,23,27)/t11-,12+,14?,15?,16+/m0/s1. The van der Waals surface area contributed by atoms with Crippen molar-refractivity contribution in [2.75, 3.05) is 6.61 Å². The van der Waals surface area contributed by atoms with Crippen molar-refractivity contribution in [3.63, 3.8) is 0 Å². The normalized spacial score (nSPS) is 24.9. The van der Waals surface area contributed by atoms with Crippen molar-refractivity contribution in [3.8, 4) is 5.75 Å². The van der Waals surface area contributed by atoms with Crippen LogP contribution in [-0.2, 0) is 16.0 Å². The molecule has 2 unspecified atom stereocenters. The molecule has 3 rings (SSSR count). The minimum atomic E-state index is -1.29. The first-order valence-electron chi connectivity index (χ1n) is 8.79. The van der Waals surface area contributed by atoms with Crippen LogP contribution in [0.3, 0.4) is 0 Å². The molecule has 1 saturated heterocycles. The van der Waals surface area contributed by atoms with E-state index >= 15 is 0 Å². The van der Waals surface area contributed by atoms with Gasteiger partial charge in [-0.05, 0) is 24.1 Å². The molecule has 5 atom stereocenters. The number of carbonyl (C=O) groups excluding carboxylic acids is 1. The van der Waals surface area contributed by atoms with Gasteiger partial charge in [0.05, 0.1) is 11.4 Å². The first-order chi connectivity index (χ1) is 13.8. The van der Waals surface area contributed by atoms with Crippen LogP contribution in [0, 0.1) is 0 Å². The molecule has 2 aromatic rings. The summed E-state index contributed by atoms with van der Waals surface area (Å²) >= 11 is 1.05. The zero-order valence-corrected chi connectivity index (χ0v) is 16.0. The zero-order chi connectivity index (χ0) is 21.1. The highest BCUT2D eigenvalue weighted by molar-refractivity contribution is 8.00. The molecule has 1 aliphatic heterocycles. The topological polar surface area (TPSA) is 168 Å². The summed E-state index contributed by atoms with van der Waals surface area (Å²) in [5, 5.41) is 28.3. The van der Waals surface area contributed by atoms with Gasteiger partial charge in [-0.1, -0.05) is 12.1 Å². The Hall–Kier alpha value is -2.60. The minimum Gasteiger partial charge on any atom is -0.508 e. The van der Waals surface area contributed by atoms with Crippen molar-refractivity contribution in [1.82, 2.24) is 9.55 Å². The molecular weight excluding hydrogens is 402 g/mol. The molecule has 1 aromatic heterocycles. The monoisotopic (exact) mass is 423 g/mol. The van der Waals surface area contributed by atoms with Crippen LogP contribution in [0.2, 0.25) is 0 Å². The summed E-state index contributed by atoms with van der Waals surface area (Å²) in [7, 11) is 0. The molecule has 1 fully saturated rings. The fourth-order valence-electron chi connectivity index (χ4n) is 2.96. The van der Waals surface area contributed by atoms with Gasteiger partial charge in [-0.15, -0.1) is 11.8 Å². The molecule has 1 aromatic carbocycles. The number of H-pyrrole nitrogens is 1. The third kappa shape index (κ3) is 4.88. The summed E-state index contributed by atoms with van der Waals surface area (Å²) in [4.78, 5) is 37.4. The molecule has 10 nitrogen and oxygen atoms in total. The van der Waals surface area contributed by atoms with Crippen LogP contribution in [0.15, 0.2) is 46.1 Å². The third-order valence-corrected chi connectivity index (χ3v) is 6.10. The SMILES string of the molecule is N[C@@H](Cc1ccc(O)cc1)C(=O)OC[C@H]1S[C@@H](n2ccc(=O)[nH]c2=O)C(O)C1O. The van der Waals surface area contributed by atoms with Gasteiger partial charge in [0.15, 0.2) is 0 Å². The summed E-state index contributed by atoms with van der Waals surface area (Å²) in [5.41, 5.74) is 5.31. The van der Waals surface area contributed by atoms with Crippen molar-refractivity contribution in [3.05, 3.63) is 62.9 Å². The van der Waals surface area contributed by atoms with Crippen molar-refractivity contribution >= 4 is 17.7 Å². The number of thioether (sulfide) groups is 1. The number of phenolic OH excluding ortho intramolecular Hbond substituents is 1. The molecular formula is C18H21N3O7S. The molecule has 6 N–H and O–H groups in total. The number of hydrogen-bond acceptors (Lipinski definition) is 9. The smallest absolute Gasteiger partial charge is 0.329 e. The van der Waals surface area contributed by atoms with Gasteiger partial charge in [0.1, 0.15) is 29.9 Å². The number of phenols is 1. The highest BCUT2D eigenvalue weighted by Gasteiger charge is 2.44. The number of nitrogens with two attached hydrogens (primary N) is 1. The Kier molecular flexibility index (Phi) is 6.42. The van der Waals surface area contributed by atoms with Crippen LogP contribution in [0.4, 0.5) is 0 Å². The van der Waals surface area contributed by atoms with E-state index in [2.05, 4.69) is 4.98 Å². The van der Waals surface area contributed by atoms with Crippen LogP contribution in [0.1, 0.15) is 10.9 Å². The molecule has 0 amide bonds. The predicted octanol–water partition coefficient (Wildman–Crippen LogP) is -1.31. The molecule has 0 bridgehead atoms. The maximum absolute atomic E-state index is 12.2. The summed E-state index contributed by atoms with van der Waals surface area (Å²) < 4.78 is 6.29. The first-order valence-corrected chi connectivity index (χ1v) is 9.73. The van der Waals surface area contributed by atoms with Gasteiger partial charge in [0.25, 0.3) is 5.56 Å². The highest BCUT2D eigenvalue weighted by Crippen LogP contribution is 2.41. The Morgan fingerprint density at radius 2 is 1.90 bits per heavy atom. The molecule has 29 heavy (non-hydrogen) atoms. The largest absolute Gasteiger partial charge is 0.508 e. The van der Waals surface area contributed by atoms with Crippen molar-refractivity contribution in [2.45, 2.75) is 35.3 Å². The number of esters is 1. The number of nitrogens with zero attached hydrogens (tertiary/aromatic N) is 1. The van der Waals surface area contributed by atoms with Crippen LogP contribution in [-0.4, -0.2) is 60.9 Å². The van der Waals surface area contributed by atoms with E-state index in [1.807, 2.05) is 0 Å². The number of aliphatic hydroxyl groups excluding tert-OH is 2. The van der Waals surface area contributed by atoms with Gasteiger partial charge in [0, 0.05) is 12.3 Å². The molecule has 0 aliphatic carbocycles. The number of hydrogen-bond donors (Lipinski definition) is 5. The van der Waals surface area contributed by atoms with Crippen LogP contribution in [0.5, 0.6) is 5.75 Å². The highest BCUT2D eigenvalue weighted by atomic mass is 32.2. The maximum atomic E-state index is 12.2. The molecule has 2 heterocycles. The number of nitrogens with one attached hydrogen (secondary N) is 1. The average molecular weight is 423 g/mol. The summed E-state index contributed by atoms with van der Waals surface area (Å²) in [6, 6.07) is 6.45. The van der Waals surface area contributed by atoms with E-state index in [1.165, 1.54) is 18.3 Å². The van der Waals surface area contributed by atoms with Crippen LogP contribution in [0.25, 0.3) is 0 Å². The Balaban J connectivity index is 1.58. The quantitative estimate of drug-likeness (QED) is 0.354. The Labute approximate surface area is 168 Å². The number of aromatic amines is 1. The van der Waals surface area contributed by atoms with Gasteiger partial charge >= 0.3 is 11.7 Å². The van der Waals surface area contributed by atoms with E-state index in [-0.39, 0.29) is 18.8 Å². The zero-order valence-electron chi connectivity index (χ0n) is 15.2. The Bertz CT molecular complexity index is 974. The fourth-order valence-corrected chi connectivity index (χ4v) is 4.41. The first kappa shape index (κ1) is 21.1. The maximum Gasteiger partial charge on any atom is 0.329 e. The molecule has 1 aliphatic rings. The number of aromatic hydroxyl groups is 1. The van der Waals surface area contributed by atoms with Crippen molar-refractivity contribution in [1.29, 1.82) is 0 Å². The van der Waals surface area contributed by atoms with Crippen LogP contribution >= 0.6 is 11.8 Å². The lowest BCUT2D eigenvalue weighted by atomic mass is 10.1. The molecule has 156 valence electrons. The van der Waals surface area contributed by atoms with E-state index in [0.717, 1.165) is 28.0 Å². The van der Waals surface area contributed by atoms with Crippen LogP contribution < -0.4 is 17.0 Å². The lowest BCUT2D eigenvalue weighted by Crippen LogP contribution is -2.39. The van der Waals surface area contributed by atoms with Gasteiger partial charge in [-0.25, -0.2) is 4.79 Å². The number of rotatable bonds is 6. The summed E-state index contributed by atoms with van der Waals surface area (Å²) in [6.45, 7) is -0.209. The predicted molar refractivity (Wildman–Crippen MR) is 104 cm³/mol. The van der Waals surface area contributed by atoms with Gasteiger partial charge in [0.2, 0.25) is 0 Å². The van der Waals surface area contributed by atoms with E-state index < -0.39 is 46.1 Å². The van der Waals surface area contributed by atoms with E-state index in [1.54, 1.807) is 12.1 Å².